The van der Waals surface area contributed by atoms with E-state index in [1.54, 1.807) is 29.6 Å². The number of halogens is 3. The van der Waals surface area contributed by atoms with Crippen LogP contribution < -0.4 is 14.8 Å². The number of amides is 1. The summed E-state index contributed by atoms with van der Waals surface area (Å²) in [7, 11) is 0. The molecule has 0 saturated heterocycles. The summed E-state index contributed by atoms with van der Waals surface area (Å²) in [5.74, 6) is -1.25. The van der Waals surface area contributed by atoms with Gasteiger partial charge in [0.15, 0.2) is 11.6 Å². The van der Waals surface area contributed by atoms with Crippen LogP contribution in [0.3, 0.4) is 0 Å². The Labute approximate surface area is 175 Å². The maximum atomic E-state index is 13.1. The third kappa shape index (κ3) is 6.69. The van der Waals surface area contributed by atoms with E-state index in [9.17, 15) is 13.6 Å². The minimum Gasteiger partial charge on any atom is -0.492 e. The summed E-state index contributed by atoms with van der Waals surface area (Å²) in [4.78, 5) is 16.4. The maximum Gasteiger partial charge on any atom is 0.226 e. The average Bonchev–Trinajstić information content (AvgIpc) is 3.15. The first-order valence-corrected chi connectivity index (χ1v) is 9.91. The van der Waals surface area contributed by atoms with Crippen molar-refractivity contribution in [1.82, 2.24) is 10.3 Å². The predicted molar refractivity (Wildman–Crippen MR) is 106 cm³/mol. The average molecular weight is 439 g/mol. The number of benzene rings is 2. The number of ether oxygens (including phenoxy) is 2. The molecule has 9 heteroatoms. The zero-order chi connectivity index (χ0) is 20.6. The number of hydrogen-bond acceptors (Lipinski definition) is 5. The summed E-state index contributed by atoms with van der Waals surface area (Å²) >= 11 is 7.24. The molecule has 0 spiro atoms. The first kappa shape index (κ1) is 21.0. The van der Waals surface area contributed by atoms with E-state index in [0.29, 0.717) is 23.1 Å². The Hall–Kier alpha value is -2.71. The van der Waals surface area contributed by atoms with Crippen molar-refractivity contribution in [2.24, 2.45) is 0 Å². The van der Waals surface area contributed by atoms with Gasteiger partial charge in [0.25, 0.3) is 0 Å². The minimum absolute atomic E-state index is 0.128. The van der Waals surface area contributed by atoms with E-state index in [1.165, 1.54) is 17.4 Å². The molecular weight excluding hydrogens is 422 g/mol. The number of nitrogens with one attached hydrogen (secondary N) is 1. The van der Waals surface area contributed by atoms with Crippen molar-refractivity contribution in [3.63, 3.8) is 0 Å². The molecule has 0 aliphatic carbocycles. The monoisotopic (exact) mass is 438 g/mol. The molecule has 0 aliphatic rings. The van der Waals surface area contributed by atoms with E-state index < -0.39 is 11.6 Å². The molecule has 0 radical (unpaired) electrons. The number of carbonyl (C=O) groups excluding carboxylic acids is 1. The molecule has 0 unspecified atom stereocenters. The first-order chi connectivity index (χ1) is 14.0. The van der Waals surface area contributed by atoms with Crippen LogP contribution in [-0.2, 0) is 17.8 Å². The van der Waals surface area contributed by atoms with Crippen molar-refractivity contribution in [3.05, 3.63) is 75.2 Å². The van der Waals surface area contributed by atoms with Crippen LogP contribution in [0.4, 0.5) is 8.78 Å². The maximum absolute atomic E-state index is 13.1. The fraction of sp³-hybridized carbons (Fsp3) is 0.200. The molecule has 1 N–H and O–H groups in total. The Bertz CT molecular complexity index is 967. The van der Waals surface area contributed by atoms with Crippen LogP contribution in [0.15, 0.2) is 47.8 Å². The third-order valence-corrected chi connectivity index (χ3v) is 4.82. The number of carbonyl (C=O) groups is 1. The van der Waals surface area contributed by atoms with Gasteiger partial charge in [0, 0.05) is 16.5 Å². The van der Waals surface area contributed by atoms with E-state index in [1.807, 2.05) is 0 Å². The summed E-state index contributed by atoms with van der Waals surface area (Å²) in [6, 6.07) is 10.3. The molecule has 0 atom stereocenters. The van der Waals surface area contributed by atoms with Gasteiger partial charge in [-0.15, -0.1) is 11.3 Å². The normalized spacial score (nSPS) is 10.6. The molecule has 152 valence electrons. The van der Waals surface area contributed by atoms with Crippen molar-refractivity contribution < 1.29 is 23.0 Å². The first-order valence-electron chi connectivity index (χ1n) is 8.66. The van der Waals surface area contributed by atoms with Crippen LogP contribution in [-0.4, -0.2) is 24.0 Å². The van der Waals surface area contributed by atoms with Gasteiger partial charge in [-0.1, -0.05) is 11.6 Å². The summed E-state index contributed by atoms with van der Waals surface area (Å²) in [5, 5.41) is 5.88. The van der Waals surface area contributed by atoms with Crippen LogP contribution in [0.2, 0.25) is 5.02 Å². The lowest BCUT2D eigenvalue weighted by atomic mass is 10.3. The molecule has 1 amide bonds. The van der Waals surface area contributed by atoms with Gasteiger partial charge in [-0.2, -0.15) is 0 Å². The van der Waals surface area contributed by atoms with Gasteiger partial charge in [0.05, 0.1) is 18.7 Å². The zero-order valence-corrected chi connectivity index (χ0v) is 16.7. The second-order valence-corrected chi connectivity index (χ2v) is 7.31. The molecule has 0 fully saturated rings. The highest BCUT2D eigenvalue weighted by molar-refractivity contribution is 7.09. The summed E-state index contributed by atoms with van der Waals surface area (Å²) in [6.45, 7) is 0.665. The Kier molecular flexibility index (Phi) is 7.37. The van der Waals surface area contributed by atoms with Gasteiger partial charge in [-0.3, -0.25) is 4.79 Å². The third-order valence-electron chi connectivity index (χ3n) is 3.70. The van der Waals surface area contributed by atoms with E-state index in [-0.39, 0.29) is 31.2 Å². The summed E-state index contributed by atoms with van der Waals surface area (Å²) in [6.07, 6.45) is 0.128. The predicted octanol–water partition coefficient (Wildman–Crippen LogP) is 4.39. The lowest BCUT2D eigenvalue weighted by Gasteiger charge is -2.07. The molecule has 0 aliphatic heterocycles. The van der Waals surface area contributed by atoms with Crippen LogP contribution in [0.1, 0.15) is 10.7 Å². The standard InChI is InChI=1S/C20H17ClF2N2O3S/c21-13-1-3-15(4-2-13)28-11-20-25-14(12-29-20)9-19(26)24-7-8-27-16-5-6-17(22)18(23)10-16/h1-6,10,12H,7-9,11H2,(H,24,26). The van der Waals surface area contributed by atoms with Gasteiger partial charge in [0.2, 0.25) is 5.91 Å². The lowest BCUT2D eigenvalue weighted by molar-refractivity contribution is -0.120. The quantitative estimate of drug-likeness (QED) is 0.503. The van der Waals surface area contributed by atoms with Crippen molar-refractivity contribution in [2.75, 3.05) is 13.2 Å². The number of nitrogens with zero attached hydrogens (tertiary/aromatic N) is 1. The molecule has 5 nitrogen and oxygen atoms in total. The fourth-order valence-electron chi connectivity index (χ4n) is 2.33. The number of aromatic nitrogens is 1. The van der Waals surface area contributed by atoms with Crippen LogP contribution >= 0.6 is 22.9 Å². The molecular formula is C20H17ClF2N2O3S. The van der Waals surface area contributed by atoms with Gasteiger partial charge >= 0.3 is 0 Å². The smallest absolute Gasteiger partial charge is 0.226 e. The highest BCUT2D eigenvalue weighted by atomic mass is 35.5. The van der Waals surface area contributed by atoms with Crippen molar-refractivity contribution in [2.45, 2.75) is 13.0 Å². The van der Waals surface area contributed by atoms with Gasteiger partial charge in [-0.25, -0.2) is 13.8 Å². The van der Waals surface area contributed by atoms with Crippen molar-refractivity contribution >= 4 is 28.8 Å². The second kappa shape index (κ2) is 10.2. The number of rotatable bonds is 9. The molecule has 0 saturated carbocycles. The molecule has 2 aromatic carbocycles. The van der Waals surface area contributed by atoms with E-state index in [4.69, 9.17) is 21.1 Å². The topological polar surface area (TPSA) is 60.5 Å². The second-order valence-electron chi connectivity index (χ2n) is 5.93. The zero-order valence-electron chi connectivity index (χ0n) is 15.2. The Balaban J connectivity index is 1.37. The Morgan fingerprint density at radius 2 is 1.83 bits per heavy atom. The molecule has 3 aromatic rings. The highest BCUT2D eigenvalue weighted by Crippen LogP contribution is 2.18. The molecule has 29 heavy (non-hydrogen) atoms. The van der Waals surface area contributed by atoms with Gasteiger partial charge < -0.3 is 14.8 Å². The van der Waals surface area contributed by atoms with E-state index in [2.05, 4.69) is 10.3 Å². The summed E-state index contributed by atoms with van der Waals surface area (Å²) < 4.78 is 36.8. The van der Waals surface area contributed by atoms with Gasteiger partial charge in [-0.05, 0) is 36.4 Å². The highest BCUT2D eigenvalue weighted by Gasteiger charge is 2.09. The molecule has 0 bridgehead atoms. The largest absolute Gasteiger partial charge is 0.492 e. The lowest BCUT2D eigenvalue weighted by Crippen LogP contribution is -2.29. The van der Waals surface area contributed by atoms with E-state index >= 15 is 0 Å². The van der Waals surface area contributed by atoms with Gasteiger partial charge in [0.1, 0.15) is 29.7 Å². The molecule has 3 rings (SSSR count). The van der Waals surface area contributed by atoms with Crippen molar-refractivity contribution in [3.8, 4) is 11.5 Å². The number of thiazole rings is 1. The van der Waals surface area contributed by atoms with Crippen molar-refractivity contribution in [1.29, 1.82) is 0 Å². The Morgan fingerprint density at radius 1 is 1.07 bits per heavy atom. The fourth-order valence-corrected chi connectivity index (χ4v) is 3.16. The Morgan fingerprint density at radius 3 is 2.59 bits per heavy atom. The number of hydrogen-bond donors (Lipinski definition) is 1. The van der Waals surface area contributed by atoms with Crippen LogP contribution in [0.5, 0.6) is 11.5 Å². The molecule has 1 heterocycles. The molecule has 1 aromatic heterocycles. The van der Waals surface area contributed by atoms with E-state index in [0.717, 1.165) is 17.1 Å². The van der Waals surface area contributed by atoms with Crippen LogP contribution in [0.25, 0.3) is 0 Å². The summed E-state index contributed by atoms with van der Waals surface area (Å²) in [5.41, 5.74) is 0.642. The SMILES string of the molecule is O=C(Cc1csc(COc2ccc(Cl)cc2)n1)NCCOc1ccc(F)c(F)c1. The minimum atomic E-state index is -0.981. The van der Waals surface area contributed by atoms with Crippen LogP contribution in [0, 0.1) is 11.6 Å².